The molecular formula is C19H25IN4O2. The van der Waals surface area contributed by atoms with Crippen LogP contribution in [0.2, 0.25) is 0 Å². The number of nitrogens with zero attached hydrogens (tertiary/aromatic N) is 2. The number of halogens is 1. The van der Waals surface area contributed by atoms with Crippen LogP contribution in [0.1, 0.15) is 31.9 Å². The Morgan fingerprint density at radius 1 is 1.27 bits per heavy atom. The normalized spacial score (nSPS) is 24.3. The van der Waals surface area contributed by atoms with E-state index in [2.05, 4.69) is 27.7 Å². The zero-order chi connectivity index (χ0) is 17.1. The third-order valence-electron chi connectivity index (χ3n) is 4.79. The summed E-state index contributed by atoms with van der Waals surface area (Å²) in [5.41, 5.74) is 1.84. The Hall–Kier alpha value is -1.61. The van der Waals surface area contributed by atoms with Crippen LogP contribution in [0, 0.1) is 0 Å². The summed E-state index contributed by atoms with van der Waals surface area (Å²) in [6.45, 7) is 3.37. The Balaban J connectivity index is 0.00000196. The minimum atomic E-state index is 0. The van der Waals surface area contributed by atoms with Crippen LogP contribution in [0.25, 0.3) is 11.3 Å². The smallest absolute Gasteiger partial charge is 0.191 e. The van der Waals surface area contributed by atoms with Crippen molar-refractivity contribution < 1.29 is 9.26 Å². The van der Waals surface area contributed by atoms with E-state index in [1.54, 1.807) is 0 Å². The summed E-state index contributed by atoms with van der Waals surface area (Å²) in [6, 6.07) is 12.3. The molecule has 3 heterocycles. The SMILES string of the molecule is CCNC(=NCc1cc(-c2ccccc2)on1)NC1CC2CCC1O2.I. The van der Waals surface area contributed by atoms with Crippen LogP contribution in [0.4, 0.5) is 0 Å². The van der Waals surface area contributed by atoms with Crippen molar-refractivity contribution in [2.75, 3.05) is 6.54 Å². The Morgan fingerprint density at radius 3 is 2.81 bits per heavy atom. The van der Waals surface area contributed by atoms with Crippen molar-refractivity contribution in [3.8, 4) is 11.3 Å². The largest absolute Gasteiger partial charge is 0.373 e. The fraction of sp³-hybridized carbons (Fsp3) is 0.474. The number of benzene rings is 1. The lowest BCUT2D eigenvalue weighted by molar-refractivity contribution is 0.0992. The summed E-state index contributed by atoms with van der Waals surface area (Å²) in [7, 11) is 0. The molecule has 2 fully saturated rings. The van der Waals surface area contributed by atoms with Crippen LogP contribution >= 0.6 is 24.0 Å². The highest BCUT2D eigenvalue weighted by Gasteiger charge is 2.41. The predicted molar refractivity (Wildman–Crippen MR) is 112 cm³/mol. The number of guanidine groups is 1. The molecule has 6 nitrogen and oxygen atoms in total. The first kappa shape index (κ1) is 19.2. The van der Waals surface area contributed by atoms with Gasteiger partial charge in [-0.3, -0.25) is 0 Å². The molecule has 0 spiro atoms. The number of aliphatic imine (C=N–C) groups is 1. The molecule has 0 radical (unpaired) electrons. The molecule has 0 saturated carbocycles. The second-order valence-corrected chi connectivity index (χ2v) is 6.60. The van der Waals surface area contributed by atoms with Gasteiger partial charge < -0.3 is 19.9 Å². The van der Waals surface area contributed by atoms with Crippen molar-refractivity contribution in [1.29, 1.82) is 0 Å². The lowest BCUT2D eigenvalue weighted by Crippen LogP contribution is -2.47. The molecular weight excluding hydrogens is 443 g/mol. The van der Waals surface area contributed by atoms with Gasteiger partial charge in [0.15, 0.2) is 11.7 Å². The van der Waals surface area contributed by atoms with Gasteiger partial charge in [0, 0.05) is 18.2 Å². The molecule has 2 aliphatic rings. The van der Waals surface area contributed by atoms with Crippen LogP contribution in [0.3, 0.4) is 0 Å². The van der Waals surface area contributed by atoms with E-state index in [-0.39, 0.29) is 24.0 Å². The Bertz CT molecular complexity index is 734. The van der Waals surface area contributed by atoms with Gasteiger partial charge in [0.05, 0.1) is 24.8 Å². The van der Waals surface area contributed by atoms with Crippen molar-refractivity contribution >= 4 is 29.9 Å². The first-order valence-electron chi connectivity index (χ1n) is 9.03. The topological polar surface area (TPSA) is 71.7 Å². The number of aromatic nitrogens is 1. The summed E-state index contributed by atoms with van der Waals surface area (Å²) in [6.07, 6.45) is 4.15. The van der Waals surface area contributed by atoms with Crippen LogP contribution < -0.4 is 10.6 Å². The number of nitrogens with one attached hydrogen (secondary N) is 2. The molecule has 2 bridgehead atoms. The van der Waals surface area contributed by atoms with Gasteiger partial charge in [0.1, 0.15) is 5.69 Å². The lowest BCUT2D eigenvalue weighted by Gasteiger charge is -2.22. The Labute approximate surface area is 170 Å². The standard InChI is InChI=1S/C19H24N4O2.HI/c1-2-20-19(22-16-11-15-8-9-17(16)24-15)21-12-14-10-18(25-23-14)13-6-4-3-5-7-13;/h3-7,10,15-17H,2,8-9,11-12H2,1H3,(H2,20,21,22);1H. The van der Waals surface area contributed by atoms with E-state index < -0.39 is 0 Å². The molecule has 3 unspecified atom stereocenters. The summed E-state index contributed by atoms with van der Waals surface area (Å²) in [5, 5.41) is 10.9. The molecule has 140 valence electrons. The van der Waals surface area contributed by atoms with Crippen molar-refractivity contribution in [3.63, 3.8) is 0 Å². The third kappa shape index (κ3) is 4.37. The number of hydrogen-bond donors (Lipinski definition) is 2. The highest BCUT2D eigenvalue weighted by molar-refractivity contribution is 14.0. The van der Waals surface area contributed by atoms with E-state index in [4.69, 9.17) is 9.26 Å². The number of fused-ring (bicyclic) bond motifs is 2. The zero-order valence-corrected chi connectivity index (χ0v) is 17.2. The van der Waals surface area contributed by atoms with Crippen molar-refractivity contribution in [2.24, 2.45) is 4.99 Å². The predicted octanol–water partition coefficient (Wildman–Crippen LogP) is 3.33. The quantitative estimate of drug-likeness (QED) is 0.400. The van der Waals surface area contributed by atoms with Gasteiger partial charge in [-0.2, -0.15) is 0 Å². The maximum Gasteiger partial charge on any atom is 0.191 e. The molecule has 2 saturated heterocycles. The maximum atomic E-state index is 5.91. The average molecular weight is 468 g/mol. The minimum Gasteiger partial charge on any atom is -0.373 e. The molecule has 2 N–H and O–H groups in total. The molecule has 2 aromatic rings. The van der Waals surface area contributed by atoms with Crippen LogP contribution in [-0.4, -0.2) is 35.9 Å². The molecule has 3 atom stereocenters. The van der Waals surface area contributed by atoms with Gasteiger partial charge in [-0.25, -0.2) is 4.99 Å². The first-order chi connectivity index (χ1) is 12.3. The monoisotopic (exact) mass is 468 g/mol. The van der Waals surface area contributed by atoms with Gasteiger partial charge in [-0.05, 0) is 26.2 Å². The molecule has 26 heavy (non-hydrogen) atoms. The highest BCUT2D eigenvalue weighted by Crippen LogP contribution is 2.34. The van der Waals surface area contributed by atoms with E-state index in [1.807, 2.05) is 36.4 Å². The van der Waals surface area contributed by atoms with Gasteiger partial charge in [0.2, 0.25) is 0 Å². The molecule has 0 aliphatic carbocycles. The fourth-order valence-electron chi connectivity index (χ4n) is 3.57. The highest BCUT2D eigenvalue weighted by atomic mass is 127. The van der Waals surface area contributed by atoms with Gasteiger partial charge in [-0.15, -0.1) is 24.0 Å². The summed E-state index contributed by atoms with van der Waals surface area (Å²) in [4.78, 5) is 4.65. The number of hydrogen-bond acceptors (Lipinski definition) is 4. The van der Waals surface area contributed by atoms with E-state index in [1.165, 1.54) is 6.42 Å². The van der Waals surface area contributed by atoms with Gasteiger partial charge in [0.25, 0.3) is 0 Å². The average Bonchev–Trinajstić information content (AvgIpc) is 3.37. The van der Waals surface area contributed by atoms with Crippen molar-refractivity contribution in [2.45, 2.75) is 51.0 Å². The fourth-order valence-corrected chi connectivity index (χ4v) is 3.57. The minimum absolute atomic E-state index is 0. The van der Waals surface area contributed by atoms with Gasteiger partial charge in [-0.1, -0.05) is 35.5 Å². The van der Waals surface area contributed by atoms with Gasteiger partial charge >= 0.3 is 0 Å². The molecule has 7 heteroatoms. The number of rotatable bonds is 5. The summed E-state index contributed by atoms with van der Waals surface area (Å²) >= 11 is 0. The van der Waals surface area contributed by atoms with Crippen LogP contribution in [0.5, 0.6) is 0 Å². The van der Waals surface area contributed by atoms with Crippen molar-refractivity contribution in [3.05, 3.63) is 42.1 Å². The third-order valence-corrected chi connectivity index (χ3v) is 4.79. The lowest BCUT2D eigenvalue weighted by atomic mass is 9.96. The Kier molecular flexibility index (Phi) is 6.53. The van der Waals surface area contributed by atoms with Crippen molar-refractivity contribution in [1.82, 2.24) is 15.8 Å². The molecule has 4 rings (SSSR count). The van der Waals surface area contributed by atoms with E-state index in [0.29, 0.717) is 24.8 Å². The maximum absolute atomic E-state index is 5.91. The zero-order valence-electron chi connectivity index (χ0n) is 14.9. The van der Waals surface area contributed by atoms with Crippen LogP contribution in [-0.2, 0) is 11.3 Å². The molecule has 2 aliphatic heterocycles. The summed E-state index contributed by atoms with van der Waals surface area (Å²) < 4.78 is 11.3. The van der Waals surface area contributed by atoms with E-state index in [9.17, 15) is 0 Å². The molecule has 1 aromatic carbocycles. The molecule has 1 aromatic heterocycles. The first-order valence-corrected chi connectivity index (χ1v) is 9.03. The van der Waals surface area contributed by atoms with E-state index in [0.717, 1.165) is 42.4 Å². The Morgan fingerprint density at radius 2 is 2.12 bits per heavy atom. The van der Waals surface area contributed by atoms with E-state index >= 15 is 0 Å². The molecule has 0 amide bonds. The summed E-state index contributed by atoms with van der Waals surface area (Å²) in [5.74, 6) is 1.58. The second-order valence-electron chi connectivity index (χ2n) is 6.60. The second kappa shape index (κ2) is 8.85. The number of ether oxygens (including phenoxy) is 1. The van der Waals surface area contributed by atoms with Crippen LogP contribution in [0.15, 0.2) is 45.9 Å².